The van der Waals surface area contributed by atoms with E-state index in [-0.39, 0.29) is 11.2 Å². The lowest BCUT2D eigenvalue weighted by Gasteiger charge is -2.29. The van der Waals surface area contributed by atoms with E-state index in [4.69, 9.17) is 4.74 Å². The molecule has 1 fully saturated rings. The third kappa shape index (κ3) is 5.94. The summed E-state index contributed by atoms with van der Waals surface area (Å²) < 4.78 is 19.0. The molecule has 0 radical (unpaired) electrons. The summed E-state index contributed by atoms with van der Waals surface area (Å²) in [5.74, 6) is 0.519. The summed E-state index contributed by atoms with van der Waals surface area (Å²) >= 11 is 0. The van der Waals surface area contributed by atoms with Crippen LogP contribution in [0.25, 0.3) is 0 Å². The Morgan fingerprint density at radius 1 is 1.10 bits per heavy atom. The van der Waals surface area contributed by atoms with Gasteiger partial charge >= 0.3 is 0 Å². The minimum Gasteiger partial charge on any atom is -0.378 e. The molecule has 6 heteroatoms. The highest BCUT2D eigenvalue weighted by Crippen LogP contribution is 2.22. The Balaban J connectivity index is 1.51. The minimum atomic E-state index is -0.223. The Bertz CT molecular complexity index is 814. The Morgan fingerprint density at radius 3 is 2.48 bits per heavy atom. The van der Waals surface area contributed by atoms with Crippen LogP contribution in [0.3, 0.4) is 0 Å². The highest BCUT2D eigenvalue weighted by molar-refractivity contribution is 5.79. The fraction of sp³-hybridized carbons (Fsp3) is 0.435. The zero-order valence-electron chi connectivity index (χ0n) is 17.5. The molecule has 1 aliphatic heterocycles. The molecule has 2 aromatic rings. The number of aliphatic imine (C=N–C) groups is 1. The summed E-state index contributed by atoms with van der Waals surface area (Å²) in [5.41, 5.74) is 3.16. The highest BCUT2D eigenvalue weighted by Gasteiger charge is 2.21. The topological polar surface area (TPSA) is 48.9 Å². The van der Waals surface area contributed by atoms with Crippen molar-refractivity contribution in [3.8, 4) is 0 Å². The Morgan fingerprint density at radius 2 is 1.83 bits per heavy atom. The number of guanidine groups is 1. The maximum atomic E-state index is 13.6. The van der Waals surface area contributed by atoms with Crippen molar-refractivity contribution in [3.63, 3.8) is 0 Å². The van der Waals surface area contributed by atoms with E-state index in [1.807, 2.05) is 6.07 Å². The SMILES string of the molecule is CN=C(NCc1ccc(N2CCOCC2)cc1)NCC(C)(C)c1cccc(F)c1. The molecule has 0 saturated carbocycles. The lowest BCUT2D eigenvalue weighted by molar-refractivity contribution is 0.122. The van der Waals surface area contributed by atoms with E-state index in [1.165, 1.54) is 17.3 Å². The molecular formula is C23H31FN4O. The molecule has 3 rings (SSSR count). The maximum absolute atomic E-state index is 13.6. The molecule has 2 aromatic carbocycles. The second-order valence-electron chi connectivity index (χ2n) is 7.94. The van der Waals surface area contributed by atoms with Gasteiger partial charge in [0.05, 0.1) is 13.2 Å². The van der Waals surface area contributed by atoms with E-state index in [0.717, 1.165) is 37.8 Å². The van der Waals surface area contributed by atoms with E-state index in [2.05, 4.69) is 58.6 Å². The monoisotopic (exact) mass is 398 g/mol. The lowest BCUT2D eigenvalue weighted by atomic mass is 9.84. The van der Waals surface area contributed by atoms with E-state index in [9.17, 15) is 4.39 Å². The first-order valence-corrected chi connectivity index (χ1v) is 10.1. The second-order valence-corrected chi connectivity index (χ2v) is 7.94. The molecule has 0 spiro atoms. The molecule has 0 unspecified atom stereocenters. The van der Waals surface area contributed by atoms with Gasteiger partial charge in [-0.15, -0.1) is 0 Å². The van der Waals surface area contributed by atoms with E-state index < -0.39 is 0 Å². The van der Waals surface area contributed by atoms with Crippen molar-refractivity contribution < 1.29 is 9.13 Å². The van der Waals surface area contributed by atoms with Crippen LogP contribution in [0, 0.1) is 5.82 Å². The predicted octanol–water partition coefficient (Wildman–Crippen LogP) is 3.31. The van der Waals surface area contributed by atoms with Crippen molar-refractivity contribution in [2.45, 2.75) is 25.8 Å². The smallest absolute Gasteiger partial charge is 0.191 e. The molecule has 5 nitrogen and oxygen atoms in total. The van der Waals surface area contributed by atoms with Gasteiger partial charge in [0.15, 0.2) is 5.96 Å². The first kappa shape index (κ1) is 21.1. The van der Waals surface area contributed by atoms with Crippen LogP contribution < -0.4 is 15.5 Å². The van der Waals surface area contributed by atoms with E-state index in [1.54, 1.807) is 19.2 Å². The quantitative estimate of drug-likeness (QED) is 0.579. The fourth-order valence-corrected chi connectivity index (χ4v) is 3.37. The first-order chi connectivity index (χ1) is 14.0. The number of halogens is 1. The lowest BCUT2D eigenvalue weighted by Crippen LogP contribution is -2.43. The molecular weight excluding hydrogens is 367 g/mol. The predicted molar refractivity (Wildman–Crippen MR) is 117 cm³/mol. The van der Waals surface area contributed by atoms with E-state index in [0.29, 0.717) is 13.1 Å². The van der Waals surface area contributed by atoms with Gasteiger partial charge in [-0.2, -0.15) is 0 Å². The maximum Gasteiger partial charge on any atom is 0.191 e. The fourth-order valence-electron chi connectivity index (χ4n) is 3.37. The minimum absolute atomic E-state index is 0.210. The number of anilines is 1. The zero-order chi connectivity index (χ0) is 20.7. The molecule has 1 heterocycles. The molecule has 2 N–H and O–H groups in total. The number of benzene rings is 2. The number of morpholine rings is 1. The van der Waals surface area contributed by atoms with Crippen molar-refractivity contribution in [1.82, 2.24) is 10.6 Å². The van der Waals surface area contributed by atoms with Gasteiger partial charge in [0.1, 0.15) is 5.82 Å². The summed E-state index contributed by atoms with van der Waals surface area (Å²) in [7, 11) is 1.76. The number of hydrogen-bond donors (Lipinski definition) is 2. The van der Waals surface area contributed by atoms with Gasteiger partial charge in [-0.1, -0.05) is 38.1 Å². The standard InChI is InChI=1S/C23H31FN4O/c1-23(2,19-5-4-6-20(24)15-19)17-27-22(25-3)26-16-18-7-9-21(10-8-18)28-11-13-29-14-12-28/h4-10,15H,11-14,16-17H2,1-3H3,(H2,25,26,27). The summed E-state index contributed by atoms with van der Waals surface area (Å²) in [5, 5.41) is 6.71. The van der Waals surface area contributed by atoms with Crippen LogP contribution >= 0.6 is 0 Å². The summed E-state index contributed by atoms with van der Waals surface area (Å²) in [6.45, 7) is 8.97. The second kappa shape index (κ2) is 9.74. The molecule has 29 heavy (non-hydrogen) atoms. The molecule has 0 bridgehead atoms. The largest absolute Gasteiger partial charge is 0.378 e. The van der Waals surface area contributed by atoms with Gasteiger partial charge in [-0.05, 0) is 35.4 Å². The van der Waals surface area contributed by atoms with Gasteiger partial charge < -0.3 is 20.3 Å². The van der Waals surface area contributed by atoms with Crippen molar-refractivity contribution >= 4 is 11.6 Å². The van der Waals surface area contributed by atoms with E-state index >= 15 is 0 Å². The van der Waals surface area contributed by atoms with Crippen LogP contribution in [0.4, 0.5) is 10.1 Å². The van der Waals surface area contributed by atoms with Gasteiger partial charge in [-0.3, -0.25) is 4.99 Å². The number of nitrogens with one attached hydrogen (secondary N) is 2. The Hall–Kier alpha value is -2.60. The number of rotatable bonds is 6. The first-order valence-electron chi connectivity index (χ1n) is 10.1. The van der Waals surface area contributed by atoms with Crippen molar-refractivity contribution in [2.24, 2.45) is 4.99 Å². The molecule has 0 aromatic heterocycles. The molecule has 156 valence electrons. The number of nitrogens with zero attached hydrogens (tertiary/aromatic N) is 2. The van der Waals surface area contributed by atoms with Crippen LogP contribution in [-0.4, -0.2) is 45.9 Å². The molecule has 1 aliphatic rings. The van der Waals surface area contributed by atoms with Gasteiger partial charge in [-0.25, -0.2) is 4.39 Å². The van der Waals surface area contributed by atoms with Crippen LogP contribution in [0.5, 0.6) is 0 Å². The van der Waals surface area contributed by atoms with Crippen molar-refractivity contribution in [2.75, 3.05) is 44.8 Å². The molecule has 0 atom stereocenters. The van der Waals surface area contributed by atoms with Crippen LogP contribution in [0.2, 0.25) is 0 Å². The van der Waals surface area contributed by atoms with Gasteiger partial charge in [0.25, 0.3) is 0 Å². The third-order valence-electron chi connectivity index (χ3n) is 5.30. The third-order valence-corrected chi connectivity index (χ3v) is 5.30. The summed E-state index contributed by atoms with van der Waals surface area (Å²) in [4.78, 5) is 6.65. The van der Waals surface area contributed by atoms with Gasteiger partial charge in [0, 0.05) is 44.3 Å². The number of hydrogen-bond acceptors (Lipinski definition) is 3. The normalized spacial score (nSPS) is 15.3. The van der Waals surface area contributed by atoms with Crippen LogP contribution in [0.15, 0.2) is 53.5 Å². The Kier molecular flexibility index (Phi) is 7.09. The average molecular weight is 399 g/mol. The highest BCUT2D eigenvalue weighted by atomic mass is 19.1. The molecule has 0 amide bonds. The van der Waals surface area contributed by atoms with Crippen molar-refractivity contribution in [1.29, 1.82) is 0 Å². The summed E-state index contributed by atoms with van der Waals surface area (Å²) in [6, 6.07) is 15.4. The zero-order valence-corrected chi connectivity index (χ0v) is 17.5. The Labute approximate surface area is 173 Å². The van der Waals surface area contributed by atoms with Crippen LogP contribution in [0.1, 0.15) is 25.0 Å². The number of ether oxygens (including phenoxy) is 1. The van der Waals surface area contributed by atoms with Crippen molar-refractivity contribution in [3.05, 3.63) is 65.5 Å². The van der Waals surface area contributed by atoms with Crippen LogP contribution in [-0.2, 0) is 16.7 Å². The van der Waals surface area contributed by atoms with Gasteiger partial charge in [0.2, 0.25) is 0 Å². The molecule has 0 aliphatic carbocycles. The average Bonchev–Trinajstić information content (AvgIpc) is 2.75. The summed E-state index contributed by atoms with van der Waals surface area (Å²) in [6.07, 6.45) is 0. The molecule has 1 saturated heterocycles.